The van der Waals surface area contributed by atoms with Gasteiger partial charge in [-0.05, 0) is 30.0 Å². The van der Waals surface area contributed by atoms with Crippen LogP contribution in [0.4, 0.5) is 5.69 Å². The van der Waals surface area contributed by atoms with Crippen LogP contribution in [0.3, 0.4) is 0 Å². The maximum atomic E-state index is 11.9. The Morgan fingerprint density at radius 1 is 0.893 bits per heavy atom. The smallest absolute Gasteiger partial charge is 0.322 e. The molecule has 0 fully saturated rings. The lowest BCUT2D eigenvalue weighted by atomic mass is 10.0. The maximum absolute atomic E-state index is 11.9. The van der Waals surface area contributed by atoms with Gasteiger partial charge in [0.05, 0.1) is 0 Å². The molecule has 2 aromatic carbocycles. The van der Waals surface area contributed by atoms with Crippen molar-refractivity contribution in [3.8, 4) is 0 Å². The molecule has 0 aliphatic rings. The Bertz CT molecular complexity index is 750. The van der Waals surface area contributed by atoms with Crippen LogP contribution in [-0.2, 0) is 16.1 Å². The highest BCUT2D eigenvalue weighted by Gasteiger charge is 2.28. The molecule has 2 aromatic rings. The summed E-state index contributed by atoms with van der Waals surface area (Å²) in [5.41, 5.74) is 1.93. The SMILES string of the molecule is CC(C)CC(N[C@@H](CN(Cc1ccccc1)c1ccccc1)C(=O)O)C(=O)O. The van der Waals surface area contributed by atoms with Crippen LogP contribution < -0.4 is 10.2 Å². The van der Waals surface area contributed by atoms with Crippen molar-refractivity contribution in [2.45, 2.75) is 38.9 Å². The van der Waals surface area contributed by atoms with E-state index in [0.29, 0.717) is 13.0 Å². The number of para-hydroxylation sites is 1. The van der Waals surface area contributed by atoms with Crippen LogP contribution in [-0.4, -0.2) is 40.8 Å². The van der Waals surface area contributed by atoms with E-state index in [1.54, 1.807) is 0 Å². The predicted octanol–water partition coefficient (Wildman–Crippen LogP) is 3.24. The Kier molecular flexibility index (Phi) is 8.02. The van der Waals surface area contributed by atoms with Gasteiger partial charge in [-0.2, -0.15) is 0 Å². The monoisotopic (exact) mass is 384 g/mol. The van der Waals surface area contributed by atoms with Gasteiger partial charge >= 0.3 is 11.9 Å². The first-order valence-corrected chi connectivity index (χ1v) is 9.42. The average Bonchev–Trinajstić information content (AvgIpc) is 2.67. The molecule has 150 valence electrons. The molecule has 3 N–H and O–H groups in total. The number of aliphatic carboxylic acids is 2. The molecule has 1 unspecified atom stereocenters. The van der Waals surface area contributed by atoms with Crippen LogP contribution in [0.2, 0.25) is 0 Å². The molecule has 0 heterocycles. The molecule has 28 heavy (non-hydrogen) atoms. The van der Waals surface area contributed by atoms with E-state index >= 15 is 0 Å². The summed E-state index contributed by atoms with van der Waals surface area (Å²) in [4.78, 5) is 25.4. The Hall–Kier alpha value is -2.86. The third kappa shape index (κ3) is 6.70. The minimum Gasteiger partial charge on any atom is -0.480 e. The third-order valence-corrected chi connectivity index (χ3v) is 4.45. The summed E-state index contributed by atoms with van der Waals surface area (Å²) in [6.45, 7) is 4.51. The van der Waals surface area contributed by atoms with E-state index in [-0.39, 0.29) is 12.5 Å². The number of benzene rings is 2. The van der Waals surface area contributed by atoms with Crippen molar-refractivity contribution >= 4 is 17.6 Å². The van der Waals surface area contributed by atoms with E-state index < -0.39 is 24.0 Å². The van der Waals surface area contributed by atoms with Gasteiger partial charge in [0.15, 0.2) is 0 Å². The van der Waals surface area contributed by atoms with E-state index in [1.807, 2.05) is 79.4 Å². The molecule has 6 nitrogen and oxygen atoms in total. The van der Waals surface area contributed by atoms with Gasteiger partial charge in [0.25, 0.3) is 0 Å². The number of hydrogen-bond donors (Lipinski definition) is 3. The molecule has 2 rings (SSSR count). The Labute approximate surface area is 165 Å². The van der Waals surface area contributed by atoms with Crippen molar-refractivity contribution in [2.75, 3.05) is 11.4 Å². The zero-order valence-corrected chi connectivity index (χ0v) is 16.3. The quantitative estimate of drug-likeness (QED) is 0.551. The van der Waals surface area contributed by atoms with E-state index in [1.165, 1.54) is 0 Å². The van der Waals surface area contributed by atoms with Crippen molar-refractivity contribution in [3.05, 3.63) is 66.2 Å². The molecule has 0 radical (unpaired) electrons. The number of nitrogens with one attached hydrogen (secondary N) is 1. The van der Waals surface area contributed by atoms with Gasteiger partial charge in [-0.25, -0.2) is 0 Å². The first-order chi connectivity index (χ1) is 13.4. The molecule has 0 aromatic heterocycles. The fourth-order valence-electron chi connectivity index (χ4n) is 3.08. The number of anilines is 1. The molecule has 0 aliphatic carbocycles. The summed E-state index contributed by atoms with van der Waals surface area (Å²) in [7, 11) is 0. The molecule has 2 atom stereocenters. The summed E-state index contributed by atoms with van der Waals surface area (Å²) in [5.74, 6) is -1.96. The Morgan fingerprint density at radius 2 is 1.43 bits per heavy atom. The highest BCUT2D eigenvalue weighted by atomic mass is 16.4. The van der Waals surface area contributed by atoms with Gasteiger partial charge in [0.2, 0.25) is 0 Å². The fourth-order valence-corrected chi connectivity index (χ4v) is 3.08. The van der Waals surface area contributed by atoms with Crippen molar-refractivity contribution in [2.24, 2.45) is 5.92 Å². The van der Waals surface area contributed by atoms with E-state index in [2.05, 4.69) is 5.32 Å². The molecule has 0 saturated carbocycles. The van der Waals surface area contributed by atoms with Crippen LogP contribution in [0.15, 0.2) is 60.7 Å². The van der Waals surface area contributed by atoms with Crippen molar-refractivity contribution in [1.82, 2.24) is 5.32 Å². The van der Waals surface area contributed by atoms with Crippen LogP contribution in [0.5, 0.6) is 0 Å². The first kappa shape index (κ1) is 21.4. The van der Waals surface area contributed by atoms with E-state index in [9.17, 15) is 19.8 Å². The lowest BCUT2D eigenvalue weighted by Gasteiger charge is -2.30. The number of nitrogens with zero attached hydrogens (tertiary/aromatic N) is 1. The van der Waals surface area contributed by atoms with Crippen LogP contribution in [0.25, 0.3) is 0 Å². The molecule has 0 saturated heterocycles. The summed E-state index contributed by atoms with van der Waals surface area (Å²) >= 11 is 0. The number of rotatable bonds is 11. The molecule has 0 aliphatic heterocycles. The number of hydrogen-bond acceptors (Lipinski definition) is 4. The standard InChI is InChI=1S/C22H28N2O4/c1-16(2)13-19(21(25)26)23-20(22(27)28)15-24(18-11-7-4-8-12-18)14-17-9-5-3-6-10-17/h3-12,16,19-20,23H,13-15H2,1-2H3,(H,25,26)(H,27,28)/t19?,20-/m0/s1. The molecular formula is C22H28N2O4. The van der Waals surface area contributed by atoms with Crippen LogP contribution in [0.1, 0.15) is 25.8 Å². The predicted molar refractivity (Wildman–Crippen MR) is 109 cm³/mol. The second-order valence-corrected chi connectivity index (χ2v) is 7.28. The second-order valence-electron chi connectivity index (χ2n) is 7.28. The zero-order valence-electron chi connectivity index (χ0n) is 16.3. The molecule has 6 heteroatoms. The minimum absolute atomic E-state index is 0.137. The van der Waals surface area contributed by atoms with Crippen molar-refractivity contribution < 1.29 is 19.8 Å². The molecule has 0 bridgehead atoms. The van der Waals surface area contributed by atoms with Crippen LogP contribution >= 0.6 is 0 Å². The van der Waals surface area contributed by atoms with Gasteiger partial charge in [0.1, 0.15) is 12.1 Å². The Morgan fingerprint density at radius 3 is 1.93 bits per heavy atom. The van der Waals surface area contributed by atoms with Gasteiger partial charge in [-0.1, -0.05) is 62.4 Å². The Balaban J connectivity index is 2.22. The minimum atomic E-state index is -1.07. The zero-order chi connectivity index (χ0) is 20.5. The van der Waals surface area contributed by atoms with Crippen molar-refractivity contribution in [3.63, 3.8) is 0 Å². The summed E-state index contributed by atoms with van der Waals surface area (Å²) in [6, 6.07) is 17.4. The lowest BCUT2D eigenvalue weighted by Crippen LogP contribution is -2.52. The highest BCUT2D eigenvalue weighted by Crippen LogP contribution is 2.18. The second kappa shape index (κ2) is 10.5. The van der Waals surface area contributed by atoms with Gasteiger partial charge < -0.3 is 15.1 Å². The highest BCUT2D eigenvalue weighted by molar-refractivity contribution is 5.78. The third-order valence-electron chi connectivity index (χ3n) is 4.45. The van der Waals surface area contributed by atoms with Crippen LogP contribution in [0, 0.1) is 5.92 Å². The lowest BCUT2D eigenvalue weighted by molar-refractivity contribution is -0.142. The maximum Gasteiger partial charge on any atom is 0.322 e. The normalized spacial score (nSPS) is 13.1. The van der Waals surface area contributed by atoms with Gasteiger partial charge in [-0.3, -0.25) is 14.9 Å². The van der Waals surface area contributed by atoms with Gasteiger partial charge in [0, 0.05) is 18.8 Å². The fraction of sp³-hybridized carbons (Fsp3) is 0.364. The number of carboxylic acid groups (broad SMARTS) is 2. The first-order valence-electron chi connectivity index (χ1n) is 9.42. The molecule has 0 amide bonds. The molecule has 0 spiro atoms. The average molecular weight is 384 g/mol. The largest absolute Gasteiger partial charge is 0.480 e. The van der Waals surface area contributed by atoms with E-state index in [4.69, 9.17) is 0 Å². The van der Waals surface area contributed by atoms with E-state index in [0.717, 1.165) is 11.3 Å². The van der Waals surface area contributed by atoms with Crippen molar-refractivity contribution in [1.29, 1.82) is 0 Å². The summed E-state index contributed by atoms with van der Waals surface area (Å²) in [5, 5.41) is 22.0. The van der Waals surface area contributed by atoms with Gasteiger partial charge in [-0.15, -0.1) is 0 Å². The topological polar surface area (TPSA) is 89.9 Å². The number of carboxylic acids is 2. The summed E-state index contributed by atoms with van der Waals surface area (Å²) in [6.07, 6.45) is 0.364. The summed E-state index contributed by atoms with van der Waals surface area (Å²) < 4.78 is 0. The molecular weight excluding hydrogens is 356 g/mol. The number of carbonyl (C=O) groups is 2.